The van der Waals surface area contributed by atoms with Crippen LogP contribution in [0.4, 0.5) is 0 Å². The van der Waals surface area contributed by atoms with Crippen molar-refractivity contribution >= 4 is 64.6 Å². The first kappa shape index (κ1) is 13.7. The van der Waals surface area contributed by atoms with Crippen molar-refractivity contribution in [2.24, 2.45) is 0 Å². The van der Waals surface area contributed by atoms with Crippen molar-refractivity contribution < 1.29 is 8.42 Å². The van der Waals surface area contributed by atoms with E-state index < -0.39 is 10.0 Å². The summed E-state index contributed by atoms with van der Waals surface area (Å²) >= 11 is 9.26. The summed E-state index contributed by atoms with van der Waals surface area (Å²) in [5, 5.41) is 1.92. The first-order valence-corrected chi connectivity index (χ1v) is 9.22. The van der Waals surface area contributed by atoms with Crippen molar-refractivity contribution in [3.63, 3.8) is 0 Å². The maximum absolute atomic E-state index is 12.0. The van der Waals surface area contributed by atoms with Crippen LogP contribution in [0.1, 0.15) is 4.88 Å². The van der Waals surface area contributed by atoms with Crippen LogP contribution in [0.5, 0.6) is 0 Å². The molecule has 17 heavy (non-hydrogen) atoms. The van der Waals surface area contributed by atoms with Crippen LogP contribution in [0.2, 0.25) is 0 Å². The Morgan fingerprint density at radius 1 is 1.35 bits per heavy atom. The number of halogens is 2. The molecule has 3 nitrogen and oxygen atoms in total. The smallest absolute Gasteiger partial charge is 0.206 e. The van der Waals surface area contributed by atoms with Gasteiger partial charge in [-0.2, -0.15) is 0 Å². The van der Waals surface area contributed by atoms with Crippen LogP contribution < -0.4 is 4.72 Å². The zero-order valence-corrected chi connectivity index (χ0v) is 13.9. The van der Waals surface area contributed by atoms with Crippen LogP contribution in [0.15, 0.2) is 36.0 Å². The Morgan fingerprint density at radius 2 is 2.12 bits per heavy atom. The summed E-state index contributed by atoms with van der Waals surface area (Å²) < 4.78 is 28.3. The molecular formula is C9H7Br2NO2S3. The van der Waals surface area contributed by atoms with E-state index in [-0.39, 0.29) is 0 Å². The fourth-order valence-corrected chi connectivity index (χ4v) is 5.72. The lowest BCUT2D eigenvalue weighted by atomic mass is 10.5. The number of rotatable bonds is 4. The summed E-state index contributed by atoms with van der Waals surface area (Å²) in [4.78, 5) is 0.989. The monoisotopic (exact) mass is 415 g/mol. The molecule has 0 unspecified atom stereocenters. The van der Waals surface area contributed by atoms with Gasteiger partial charge in [0.15, 0.2) is 0 Å². The quantitative estimate of drug-likeness (QED) is 0.823. The highest BCUT2D eigenvalue weighted by atomic mass is 79.9. The van der Waals surface area contributed by atoms with E-state index in [2.05, 4.69) is 36.6 Å². The summed E-state index contributed by atoms with van der Waals surface area (Å²) in [6.07, 6.45) is 0. The lowest BCUT2D eigenvalue weighted by molar-refractivity contribution is 0.584. The van der Waals surface area contributed by atoms with Crippen LogP contribution >= 0.6 is 54.5 Å². The Balaban J connectivity index is 2.14. The van der Waals surface area contributed by atoms with Gasteiger partial charge in [-0.3, -0.25) is 0 Å². The molecule has 0 spiro atoms. The van der Waals surface area contributed by atoms with Gasteiger partial charge >= 0.3 is 0 Å². The number of nitrogens with one attached hydrogen (secondary N) is 1. The van der Waals surface area contributed by atoms with Crippen LogP contribution in [0, 0.1) is 0 Å². The highest BCUT2D eigenvalue weighted by molar-refractivity contribution is 9.13. The maximum atomic E-state index is 12.0. The number of hydrogen-bond acceptors (Lipinski definition) is 4. The molecule has 2 heterocycles. The van der Waals surface area contributed by atoms with Gasteiger partial charge in [0.2, 0.25) is 10.0 Å². The first-order valence-electron chi connectivity index (χ1n) is 4.46. The molecule has 0 radical (unpaired) electrons. The van der Waals surface area contributed by atoms with Crippen molar-refractivity contribution in [1.29, 1.82) is 0 Å². The average Bonchev–Trinajstić information content (AvgIpc) is 2.87. The minimum atomic E-state index is -3.42. The molecule has 0 aliphatic carbocycles. The van der Waals surface area contributed by atoms with Crippen molar-refractivity contribution in [2.45, 2.75) is 10.8 Å². The molecule has 0 aromatic carbocycles. The second kappa shape index (κ2) is 5.50. The maximum Gasteiger partial charge on any atom is 0.250 e. The number of hydrogen-bond donors (Lipinski definition) is 1. The molecule has 0 fully saturated rings. The zero-order chi connectivity index (χ0) is 12.5. The molecule has 2 aromatic heterocycles. The van der Waals surface area contributed by atoms with Crippen LogP contribution in [-0.4, -0.2) is 8.42 Å². The predicted octanol–water partition coefficient (Wildman–Crippen LogP) is 3.81. The summed E-state index contributed by atoms with van der Waals surface area (Å²) in [5.74, 6) is 0. The van der Waals surface area contributed by atoms with E-state index in [1.54, 1.807) is 6.07 Å². The highest BCUT2D eigenvalue weighted by Gasteiger charge is 2.18. The fraction of sp³-hybridized carbons (Fsp3) is 0.111. The zero-order valence-electron chi connectivity index (χ0n) is 8.31. The molecule has 8 heteroatoms. The minimum absolute atomic E-state index is 0.299. The van der Waals surface area contributed by atoms with Gasteiger partial charge in [-0.05, 0) is 49.4 Å². The lowest BCUT2D eigenvalue weighted by Crippen LogP contribution is -2.21. The van der Waals surface area contributed by atoms with E-state index in [4.69, 9.17) is 0 Å². The van der Waals surface area contributed by atoms with Crippen molar-refractivity contribution in [2.75, 3.05) is 0 Å². The van der Waals surface area contributed by atoms with Crippen molar-refractivity contribution in [3.05, 3.63) is 36.7 Å². The van der Waals surface area contributed by atoms with E-state index in [0.29, 0.717) is 10.8 Å². The SMILES string of the molecule is O=S(=O)(NCc1cccs1)c1cc(Br)c(Br)s1. The van der Waals surface area contributed by atoms with Gasteiger partial charge in [-0.25, -0.2) is 13.1 Å². The van der Waals surface area contributed by atoms with E-state index in [0.717, 1.165) is 13.1 Å². The largest absolute Gasteiger partial charge is 0.250 e. The average molecular weight is 417 g/mol. The highest BCUT2D eigenvalue weighted by Crippen LogP contribution is 2.34. The molecule has 0 aliphatic heterocycles. The van der Waals surface area contributed by atoms with Gasteiger partial charge in [0, 0.05) is 15.9 Å². The number of thiophene rings is 2. The number of sulfonamides is 1. The molecule has 0 saturated heterocycles. The first-order chi connectivity index (χ1) is 7.99. The van der Waals surface area contributed by atoms with E-state index in [9.17, 15) is 8.42 Å². The van der Waals surface area contributed by atoms with Crippen molar-refractivity contribution in [1.82, 2.24) is 4.72 Å². The second-order valence-electron chi connectivity index (χ2n) is 3.09. The van der Waals surface area contributed by atoms with Crippen LogP contribution in [-0.2, 0) is 16.6 Å². The van der Waals surface area contributed by atoms with Crippen molar-refractivity contribution in [3.8, 4) is 0 Å². The molecule has 0 saturated carbocycles. The molecule has 1 N–H and O–H groups in total. The lowest BCUT2D eigenvalue weighted by Gasteiger charge is -2.02. The molecule has 0 amide bonds. The molecule has 2 aromatic rings. The van der Waals surface area contributed by atoms with Crippen LogP contribution in [0.25, 0.3) is 0 Å². The van der Waals surface area contributed by atoms with Gasteiger partial charge in [-0.1, -0.05) is 6.07 Å². The molecule has 0 atom stereocenters. The van der Waals surface area contributed by atoms with E-state index >= 15 is 0 Å². The third-order valence-corrected chi connectivity index (χ3v) is 7.91. The van der Waals surface area contributed by atoms with Gasteiger partial charge in [0.05, 0.1) is 3.79 Å². The van der Waals surface area contributed by atoms with Crippen LogP contribution in [0.3, 0.4) is 0 Å². The normalized spacial score (nSPS) is 11.9. The Bertz CT molecular complexity index is 585. The molecule has 0 bridgehead atoms. The van der Waals surface area contributed by atoms with Gasteiger partial charge in [0.1, 0.15) is 4.21 Å². The van der Waals surface area contributed by atoms with Gasteiger partial charge < -0.3 is 0 Å². The Hall–Kier alpha value is 0.270. The molecule has 2 rings (SSSR count). The third kappa shape index (κ3) is 3.39. The molecule has 0 aliphatic rings. The van der Waals surface area contributed by atoms with Gasteiger partial charge in [-0.15, -0.1) is 22.7 Å². The summed E-state index contributed by atoms with van der Waals surface area (Å²) in [5.41, 5.74) is 0. The predicted molar refractivity (Wildman–Crippen MR) is 78.1 cm³/mol. The Kier molecular flexibility index (Phi) is 4.43. The standard InChI is InChI=1S/C9H7Br2NO2S3/c10-7-4-8(16-9(7)11)17(13,14)12-5-6-2-1-3-15-6/h1-4,12H,5H2. The minimum Gasteiger partial charge on any atom is -0.206 e. The summed E-state index contributed by atoms with van der Waals surface area (Å²) in [6.45, 7) is 0.327. The molecule has 92 valence electrons. The molecular weight excluding hydrogens is 410 g/mol. The Morgan fingerprint density at radius 3 is 2.65 bits per heavy atom. The topological polar surface area (TPSA) is 46.2 Å². The second-order valence-corrected chi connectivity index (χ2v) is 9.34. The van der Waals surface area contributed by atoms with Gasteiger partial charge in [0.25, 0.3) is 0 Å². The summed E-state index contributed by atoms with van der Waals surface area (Å²) in [6, 6.07) is 5.38. The third-order valence-electron chi connectivity index (χ3n) is 1.90. The van der Waals surface area contributed by atoms with E-state index in [1.165, 1.54) is 22.7 Å². The Labute approximate surface area is 124 Å². The summed E-state index contributed by atoms with van der Waals surface area (Å²) in [7, 11) is -3.42. The van der Waals surface area contributed by atoms with E-state index in [1.807, 2.05) is 17.5 Å². The fourth-order valence-electron chi connectivity index (χ4n) is 1.11.